The highest BCUT2D eigenvalue weighted by Crippen LogP contribution is 2.08. The van der Waals surface area contributed by atoms with Crippen LogP contribution in [0, 0.1) is 5.82 Å². The van der Waals surface area contributed by atoms with Crippen molar-refractivity contribution in [2.45, 2.75) is 38.3 Å². The average molecular weight is 385 g/mol. The molecule has 0 saturated heterocycles. The molecule has 0 aromatic heterocycles. The predicted octanol–water partition coefficient (Wildman–Crippen LogP) is 1.48. The Morgan fingerprint density at radius 3 is 2.14 bits per heavy atom. The van der Waals surface area contributed by atoms with E-state index in [-0.39, 0.29) is 18.1 Å². The van der Waals surface area contributed by atoms with Crippen LogP contribution in [-0.2, 0) is 27.2 Å². The molecule has 0 unspecified atom stereocenters. The summed E-state index contributed by atoms with van der Waals surface area (Å²) in [5, 5.41) is 5.19. The first-order valence-corrected chi connectivity index (χ1v) is 9.00. The SMILES string of the molecule is CC(=O)N[C@@H](Cc1ccc(F)cc1)C(=O)N[C@@H](CCc1ccccc1)C(N)=O. The summed E-state index contributed by atoms with van der Waals surface area (Å²) in [5.74, 6) is -1.94. The highest BCUT2D eigenvalue weighted by atomic mass is 19.1. The molecule has 2 atom stereocenters. The summed E-state index contributed by atoms with van der Waals surface area (Å²) in [5.41, 5.74) is 7.13. The molecule has 0 spiro atoms. The molecule has 7 heteroatoms. The highest BCUT2D eigenvalue weighted by Gasteiger charge is 2.25. The fourth-order valence-corrected chi connectivity index (χ4v) is 2.82. The third kappa shape index (κ3) is 6.83. The zero-order valence-electron chi connectivity index (χ0n) is 15.7. The smallest absolute Gasteiger partial charge is 0.243 e. The normalized spacial score (nSPS) is 12.6. The number of primary amides is 1. The van der Waals surface area contributed by atoms with E-state index in [1.54, 1.807) is 12.1 Å². The van der Waals surface area contributed by atoms with E-state index < -0.39 is 23.9 Å². The summed E-state index contributed by atoms with van der Waals surface area (Å²) in [6.07, 6.45) is 1.07. The van der Waals surface area contributed by atoms with Crippen molar-refractivity contribution in [1.29, 1.82) is 0 Å². The Morgan fingerprint density at radius 1 is 0.929 bits per heavy atom. The van der Waals surface area contributed by atoms with E-state index in [9.17, 15) is 18.8 Å². The summed E-state index contributed by atoms with van der Waals surface area (Å²) in [6, 6.07) is 13.4. The lowest BCUT2D eigenvalue weighted by atomic mass is 10.0. The number of nitrogens with two attached hydrogens (primary N) is 1. The van der Waals surface area contributed by atoms with Crippen LogP contribution in [0.5, 0.6) is 0 Å². The van der Waals surface area contributed by atoms with E-state index in [1.807, 2.05) is 30.3 Å². The molecule has 28 heavy (non-hydrogen) atoms. The van der Waals surface area contributed by atoms with Crippen LogP contribution in [0.4, 0.5) is 4.39 Å². The van der Waals surface area contributed by atoms with Gasteiger partial charge in [-0.25, -0.2) is 4.39 Å². The minimum absolute atomic E-state index is 0.163. The summed E-state index contributed by atoms with van der Waals surface area (Å²) in [4.78, 5) is 35.9. The van der Waals surface area contributed by atoms with E-state index in [2.05, 4.69) is 10.6 Å². The molecule has 0 bridgehead atoms. The van der Waals surface area contributed by atoms with E-state index in [4.69, 9.17) is 5.73 Å². The predicted molar refractivity (Wildman–Crippen MR) is 104 cm³/mol. The number of amides is 3. The number of carbonyl (C=O) groups is 3. The van der Waals surface area contributed by atoms with Crippen LogP contribution in [0.2, 0.25) is 0 Å². The molecule has 6 nitrogen and oxygen atoms in total. The molecule has 0 aliphatic carbocycles. The van der Waals surface area contributed by atoms with Crippen LogP contribution in [-0.4, -0.2) is 29.8 Å². The average Bonchev–Trinajstić information content (AvgIpc) is 2.66. The van der Waals surface area contributed by atoms with Gasteiger partial charge < -0.3 is 16.4 Å². The van der Waals surface area contributed by atoms with Gasteiger partial charge in [0.15, 0.2) is 0 Å². The topological polar surface area (TPSA) is 101 Å². The standard InChI is InChI=1S/C21H24FN3O3/c1-14(26)24-19(13-16-7-10-17(22)11-8-16)21(28)25-18(20(23)27)12-9-15-5-3-2-4-6-15/h2-8,10-11,18-19H,9,12-13H2,1H3,(H2,23,27)(H,24,26)(H,25,28)/t18-,19-/m0/s1. The van der Waals surface area contributed by atoms with Crippen LogP contribution in [0.25, 0.3) is 0 Å². The quantitative estimate of drug-likeness (QED) is 0.609. The summed E-state index contributed by atoms with van der Waals surface area (Å²) >= 11 is 0. The third-order valence-electron chi connectivity index (χ3n) is 4.27. The van der Waals surface area contributed by atoms with Crippen LogP contribution in [0.1, 0.15) is 24.5 Å². The lowest BCUT2D eigenvalue weighted by molar-refractivity contribution is -0.130. The maximum Gasteiger partial charge on any atom is 0.243 e. The van der Waals surface area contributed by atoms with Crippen molar-refractivity contribution >= 4 is 17.7 Å². The minimum atomic E-state index is -0.901. The largest absolute Gasteiger partial charge is 0.368 e. The zero-order chi connectivity index (χ0) is 20.5. The fourth-order valence-electron chi connectivity index (χ4n) is 2.82. The number of carbonyl (C=O) groups excluding carboxylic acids is 3. The maximum atomic E-state index is 13.1. The Hall–Kier alpha value is -3.22. The van der Waals surface area contributed by atoms with Gasteiger partial charge in [-0.1, -0.05) is 42.5 Å². The van der Waals surface area contributed by atoms with Gasteiger partial charge in [0.05, 0.1) is 0 Å². The first kappa shape index (κ1) is 21.1. The summed E-state index contributed by atoms with van der Waals surface area (Å²) < 4.78 is 13.1. The highest BCUT2D eigenvalue weighted by molar-refractivity contribution is 5.91. The molecule has 0 aliphatic rings. The van der Waals surface area contributed by atoms with Crippen LogP contribution >= 0.6 is 0 Å². The second kappa shape index (κ2) is 10.2. The number of rotatable bonds is 9. The van der Waals surface area contributed by atoms with Gasteiger partial charge >= 0.3 is 0 Å². The molecule has 2 aromatic carbocycles. The summed E-state index contributed by atoms with van der Waals surface area (Å²) in [6.45, 7) is 1.30. The van der Waals surface area contributed by atoms with Gasteiger partial charge in [0.2, 0.25) is 17.7 Å². The first-order valence-electron chi connectivity index (χ1n) is 9.00. The van der Waals surface area contributed by atoms with Gasteiger partial charge in [0.1, 0.15) is 17.9 Å². The maximum absolute atomic E-state index is 13.1. The Bertz CT molecular complexity index is 809. The van der Waals surface area contributed by atoms with Crippen molar-refractivity contribution < 1.29 is 18.8 Å². The Kier molecular flexibility index (Phi) is 7.68. The van der Waals surface area contributed by atoms with Gasteiger partial charge in [-0.05, 0) is 36.1 Å². The summed E-state index contributed by atoms with van der Waals surface area (Å²) in [7, 11) is 0. The number of halogens is 1. The molecule has 4 N–H and O–H groups in total. The molecule has 0 saturated carbocycles. The number of hydrogen-bond donors (Lipinski definition) is 3. The van der Waals surface area contributed by atoms with Crippen LogP contribution in [0.15, 0.2) is 54.6 Å². The Balaban J connectivity index is 2.04. The van der Waals surface area contributed by atoms with Crippen molar-refractivity contribution in [3.8, 4) is 0 Å². The number of aryl methyl sites for hydroxylation is 1. The third-order valence-corrected chi connectivity index (χ3v) is 4.27. The minimum Gasteiger partial charge on any atom is -0.368 e. The van der Waals surface area contributed by atoms with Crippen molar-refractivity contribution in [2.24, 2.45) is 5.73 Å². The molecular formula is C21H24FN3O3. The van der Waals surface area contributed by atoms with E-state index in [1.165, 1.54) is 19.1 Å². The molecule has 2 rings (SSSR count). The molecule has 0 fully saturated rings. The second-order valence-corrected chi connectivity index (χ2v) is 6.57. The van der Waals surface area contributed by atoms with Crippen molar-refractivity contribution in [2.75, 3.05) is 0 Å². The van der Waals surface area contributed by atoms with Crippen LogP contribution < -0.4 is 16.4 Å². The Morgan fingerprint density at radius 2 is 1.57 bits per heavy atom. The molecule has 148 valence electrons. The van der Waals surface area contributed by atoms with Gasteiger partial charge in [-0.2, -0.15) is 0 Å². The van der Waals surface area contributed by atoms with Gasteiger partial charge in [0, 0.05) is 13.3 Å². The van der Waals surface area contributed by atoms with E-state index in [0.717, 1.165) is 5.56 Å². The zero-order valence-corrected chi connectivity index (χ0v) is 15.7. The van der Waals surface area contributed by atoms with Gasteiger partial charge in [-0.3, -0.25) is 14.4 Å². The monoisotopic (exact) mass is 385 g/mol. The van der Waals surface area contributed by atoms with E-state index >= 15 is 0 Å². The lowest BCUT2D eigenvalue weighted by Crippen LogP contribution is -2.53. The second-order valence-electron chi connectivity index (χ2n) is 6.57. The fraction of sp³-hybridized carbons (Fsp3) is 0.286. The molecule has 2 aromatic rings. The molecule has 0 radical (unpaired) electrons. The van der Waals surface area contributed by atoms with Crippen molar-refractivity contribution in [1.82, 2.24) is 10.6 Å². The lowest BCUT2D eigenvalue weighted by Gasteiger charge is -2.21. The first-order chi connectivity index (χ1) is 13.3. The van der Waals surface area contributed by atoms with Crippen molar-refractivity contribution in [3.63, 3.8) is 0 Å². The number of nitrogens with one attached hydrogen (secondary N) is 2. The molecule has 0 heterocycles. The van der Waals surface area contributed by atoms with Crippen LogP contribution in [0.3, 0.4) is 0 Å². The Labute approximate surface area is 163 Å². The molecule has 0 aliphatic heterocycles. The molecule has 3 amide bonds. The number of hydrogen-bond acceptors (Lipinski definition) is 3. The van der Waals surface area contributed by atoms with E-state index in [0.29, 0.717) is 18.4 Å². The van der Waals surface area contributed by atoms with Gasteiger partial charge in [0.25, 0.3) is 0 Å². The number of benzene rings is 2. The molecular weight excluding hydrogens is 361 g/mol. The van der Waals surface area contributed by atoms with Crippen molar-refractivity contribution in [3.05, 3.63) is 71.5 Å². The van der Waals surface area contributed by atoms with Gasteiger partial charge in [-0.15, -0.1) is 0 Å².